The average Bonchev–Trinajstić information content (AvgIpc) is 3.11. The fourth-order valence-electron chi connectivity index (χ4n) is 3.97. The van der Waals surface area contributed by atoms with Crippen LogP contribution in [-0.2, 0) is 13.5 Å². The van der Waals surface area contributed by atoms with E-state index in [-0.39, 0.29) is 0 Å². The lowest BCUT2D eigenvalue weighted by Crippen LogP contribution is -2.47. The summed E-state index contributed by atoms with van der Waals surface area (Å²) >= 11 is 0. The molecule has 1 aliphatic carbocycles. The fourth-order valence-corrected chi connectivity index (χ4v) is 3.97. The van der Waals surface area contributed by atoms with Gasteiger partial charge in [-0.1, -0.05) is 12.8 Å². The van der Waals surface area contributed by atoms with Gasteiger partial charge in [-0.2, -0.15) is 5.10 Å². The van der Waals surface area contributed by atoms with Crippen LogP contribution in [0.15, 0.2) is 12.4 Å². The molecule has 1 saturated carbocycles. The van der Waals surface area contributed by atoms with Gasteiger partial charge in [0.25, 0.3) is 0 Å². The van der Waals surface area contributed by atoms with Crippen LogP contribution in [0.25, 0.3) is 0 Å². The molecule has 0 spiro atoms. The minimum absolute atomic E-state index is 0.719. The summed E-state index contributed by atoms with van der Waals surface area (Å²) in [4.78, 5) is 0. The second-order valence-electron chi connectivity index (χ2n) is 6.48. The van der Waals surface area contributed by atoms with E-state index in [9.17, 15) is 0 Å². The molecule has 1 saturated heterocycles. The molecular formula is C16H28N4. The molecule has 2 heterocycles. The van der Waals surface area contributed by atoms with Crippen molar-refractivity contribution in [1.82, 2.24) is 20.4 Å². The van der Waals surface area contributed by atoms with Gasteiger partial charge < -0.3 is 10.6 Å². The summed E-state index contributed by atoms with van der Waals surface area (Å²) in [6.45, 7) is 2.31. The summed E-state index contributed by atoms with van der Waals surface area (Å²) < 4.78 is 1.89. The van der Waals surface area contributed by atoms with Crippen LogP contribution < -0.4 is 10.6 Å². The Morgan fingerprint density at radius 3 is 2.95 bits per heavy atom. The zero-order valence-corrected chi connectivity index (χ0v) is 12.6. The van der Waals surface area contributed by atoms with Crippen LogP contribution in [0, 0.1) is 5.92 Å². The maximum atomic E-state index is 4.24. The Balaban J connectivity index is 1.49. The zero-order valence-electron chi connectivity index (χ0n) is 12.6. The van der Waals surface area contributed by atoms with Gasteiger partial charge in [0, 0.05) is 25.3 Å². The Morgan fingerprint density at radius 2 is 2.20 bits per heavy atom. The lowest BCUT2D eigenvalue weighted by molar-refractivity contribution is 0.216. The quantitative estimate of drug-likeness (QED) is 0.862. The van der Waals surface area contributed by atoms with Crippen molar-refractivity contribution in [3.05, 3.63) is 18.0 Å². The number of nitrogens with one attached hydrogen (secondary N) is 2. The normalized spacial score (nSPS) is 30.8. The van der Waals surface area contributed by atoms with Crippen molar-refractivity contribution in [2.45, 2.75) is 57.0 Å². The molecule has 0 aromatic carbocycles. The van der Waals surface area contributed by atoms with Crippen LogP contribution >= 0.6 is 0 Å². The van der Waals surface area contributed by atoms with E-state index in [4.69, 9.17) is 0 Å². The van der Waals surface area contributed by atoms with E-state index in [0.29, 0.717) is 0 Å². The van der Waals surface area contributed by atoms with Crippen LogP contribution in [0.4, 0.5) is 0 Å². The smallest absolute Gasteiger partial charge is 0.0522 e. The van der Waals surface area contributed by atoms with Gasteiger partial charge in [-0.05, 0) is 56.7 Å². The molecule has 1 aromatic rings. The van der Waals surface area contributed by atoms with E-state index < -0.39 is 0 Å². The molecule has 0 radical (unpaired) electrons. The highest BCUT2D eigenvalue weighted by Gasteiger charge is 2.32. The van der Waals surface area contributed by atoms with E-state index in [0.717, 1.165) is 31.0 Å². The highest BCUT2D eigenvalue weighted by Crippen LogP contribution is 2.30. The van der Waals surface area contributed by atoms with E-state index in [1.807, 2.05) is 17.9 Å². The SMILES string of the molecule is Cn1cc(CCNC2CCCCC2C2CCCN2)cn1. The van der Waals surface area contributed by atoms with E-state index in [1.165, 1.54) is 50.6 Å². The molecule has 3 unspecified atom stereocenters. The first kappa shape index (κ1) is 14.1. The second-order valence-corrected chi connectivity index (χ2v) is 6.48. The first-order valence-electron chi connectivity index (χ1n) is 8.27. The first-order chi connectivity index (χ1) is 9.83. The highest BCUT2D eigenvalue weighted by atomic mass is 15.2. The van der Waals surface area contributed by atoms with Gasteiger partial charge in [0.1, 0.15) is 0 Å². The topological polar surface area (TPSA) is 41.9 Å². The third kappa shape index (κ3) is 3.41. The molecule has 2 N–H and O–H groups in total. The van der Waals surface area contributed by atoms with Crippen molar-refractivity contribution in [3.63, 3.8) is 0 Å². The third-order valence-corrected chi connectivity index (χ3v) is 5.01. The van der Waals surface area contributed by atoms with Gasteiger partial charge in [0.05, 0.1) is 6.20 Å². The van der Waals surface area contributed by atoms with Crippen molar-refractivity contribution in [2.75, 3.05) is 13.1 Å². The van der Waals surface area contributed by atoms with Crippen LogP contribution in [0.1, 0.15) is 44.1 Å². The van der Waals surface area contributed by atoms with Crippen LogP contribution in [0.5, 0.6) is 0 Å². The third-order valence-electron chi connectivity index (χ3n) is 5.01. The van der Waals surface area contributed by atoms with Gasteiger partial charge >= 0.3 is 0 Å². The molecule has 0 amide bonds. The lowest BCUT2D eigenvalue weighted by Gasteiger charge is -2.36. The summed E-state index contributed by atoms with van der Waals surface area (Å²) in [7, 11) is 1.99. The minimum Gasteiger partial charge on any atom is -0.314 e. The van der Waals surface area contributed by atoms with E-state index in [2.05, 4.69) is 21.9 Å². The predicted molar refractivity (Wildman–Crippen MR) is 81.7 cm³/mol. The number of nitrogens with zero attached hydrogens (tertiary/aromatic N) is 2. The molecule has 3 rings (SSSR count). The Hall–Kier alpha value is -0.870. The van der Waals surface area contributed by atoms with Gasteiger partial charge in [0.15, 0.2) is 0 Å². The molecule has 2 fully saturated rings. The van der Waals surface area contributed by atoms with Crippen molar-refractivity contribution >= 4 is 0 Å². The van der Waals surface area contributed by atoms with Crippen LogP contribution in [0.2, 0.25) is 0 Å². The predicted octanol–water partition coefficient (Wildman–Crippen LogP) is 1.86. The molecular weight excluding hydrogens is 248 g/mol. The number of hydrogen-bond donors (Lipinski definition) is 2. The van der Waals surface area contributed by atoms with Crippen molar-refractivity contribution in [1.29, 1.82) is 0 Å². The monoisotopic (exact) mass is 276 g/mol. The fraction of sp³-hybridized carbons (Fsp3) is 0.812. The van der Waals surface area contributed by atoms with Crippen molar-refractivity contribution < 1.29 is 0 Å². The number of rotatable bonds is 5. The summed E-state index contributed by atoms with van der Waals surface area (Å²) in [6, 6.07) is 1.49. The highest BCUT2D eigenvalue weighted by molar-refractivity contribution is 5.04. The van der Waals surface area contributed by atoms with Crippen molar-refractivity contribution in [3.8, 4) is 0 Å². The molecule has 2 aliphatic rings. The molecule has 112 valence electrons. The molecule has 1 aromatic heterocycles. The summed E-state index contributed by atoms with van der Waals surface area (Å²) in [5, 5.41) is 11.8. The van der Waals surface area contributed by atoms with Gasteiger partial charge in [-0.25, -0.2) is 0 Å². The number of aryl methyl sites for hydroxylation is 1. The lowest BCUT2D eigenvalue weighted by atomic mass is 9.79. The Labute approximate surface area is 122 Å². The van der Waals surface area contributed by atoms with Crippen molar-refractivity contribution in [2.24, 2.45) is 13.0 Å². The molecule has 20 heavy (non-hydrogen) atoms. The summed E-state index contributed by atoms with van der Waals surface area (Å²) in [5.74, 6) is 0.847. The van der Waals surface area contributed by atoms with Gasteiger partial charge in [-0.15, -0.1) is 0 Å². The molecule has 4 nitrogen and oxygen atoms in total. The Morgan fingerprint density at radius 1 is 1.30 bits per heavy atom. The van der Waals surface area contributed by atoms with Gasteiger partial charge in [0.2, 0.25) is 0 Å². The average molecular weight is 276 g/mol. The zero-order chi connectivity index (χ0) is 13.8. The molecule has 4 heteroatoms. The van der Waals surface area contributed by atoms with E-state index >= 15 is 0 Å². The van der Waals surface area contributed by atoms with Crippen LogP contribution in [-0.4, -0.2) is 35.0 Å². The Kier molecular flexibility index (Phi) is 4.73. The maximum absolute atomic E-state index is 4.24. The summed E-state index contributed by atoms with van der Waals surface area (Å²) in [6.07, 6.45) is 13.5. The van der Waals surface area contributed by atoms with E-state index in [1.54, 1.807) is 0 Å². The largest absolute Gasteiger partial charge is 0.314 e. The van der Waals surface area contributed by atoms with Crippen LogP contribution in [0.3, 0.4) is 0 Å². The minimum atomic E-state index is 0.719. The summed E-state index contributed by atoms with van der Waals surface area (Å²) in [5.41, 5.74) is 1.34. The standard InChI is InChI=1S/C16H28N4/c1-20-12-13(11-19-20)8-10-18-15-6-3-2-5-14(15)16-7-4-9-17-16/h11-12,14-18H,2-10H2,1H3. The molecule has 3 atom stereocenters. The first-order valence-corrected chi connectivity index (χ1v) is 8.27. The number of hydrogen-bond acceptors (Lipinski definition) is 3. The second kappa shape index (κ2) is 6.72. The Bertz CT molecular complexity index is 408. The number of aromatic nitrogens is 2. The molecule has 0 bridgehead atoms. The maximum Gasteiger partial charge on any atom is 0.0522 e. The van der Waals surface area contributed by atoms with Gasteiger partial charge in [-0.3, -0.25) is 4.68 Å². The molecule has 1 aliphatic heterocycles.